The number of piperazine rings is 1. The summed E-state index contributed by atoms with van der Waals surface area (Å²) >= 11 is 6.18. The van der Waals surface area contributed by atoms with E-state index in [9.17, 15) is 24.0 Å². The number of carbonyl (C=O) groups excluding carboxylic acids is 5. The number of aromatic nitrogens is 2. The molecule has 5 amide bonds. The molecule has 4 atom stereocenters. The number of nitrogens with zero attached hydrogens (tertiary/aromatic N) is 8. The predicted octanol–water partition coefficient (Wildman–Crippen LogP) is 3.37. The van der Waals surface area contributed by atoms with Crippen molar-refractivity contribution >= 4 is 52.6 Å². The number of carbonyl (C=O) groups is 5. The molecule has 0 radical (unpaired) electrons. The van der Waals surface area contributed by atoms with Gasteiger partial charge in [-0.3, -0.25) is 39.1 Å². The molecule has 1 unspecified atom stereocenters. The Kier molecular flexibility index (Phi) is 10.2. The van der Waals surface area contributed by atoms with Crippen LogP contribution in [0.15, 0.2) is 48.8 Å². The molecule has 5 fully saturated rings. The van der Waals surface area contributed by atoms with Gasteiger partial charge in [0.1, 0.15) is 29.4 Å². The van der Waals surface area contributed by atoms with Gasteiger partial charge in [-0.25, -0.2) is 9.97 Å². The fourth-order valence-electron chi connectivity index (χ4n) is 9.67. The average Bonchev–Trinajstić information content (AvgIpc) is 3.88. The van der Waals surface area contributed by atoms with Gasteiger partial charge in [0, 0.05) is 77.1 Å². The Morgan fingerprint density at radius 1 is 0.862 bits per heavy atom. The number of anilines is 2. The SMILES string of the molecule is N#Cc1ccc(O[C@@H]2C[C@@H]3CN(C(=O)c4cnc(N5CCC(CN6CCN(c7ccc8c(c7)C(=O)N(C7CCC(=O)NC7=O)C8=O)CC6)CC5)cn4)C[C@@H]3C2)cc1Cl. The molecule has 1 saturated carbocycles. The molecule has 9 rings (SSSR count). The van der Waals surface area contributed by atoms with Crippen LogP contribution < -0.4 is 19.9 Å². The molecule has 6 heterocycles. The molecular weight excluding hydrogens is 762 g/mol. The van der Waals surface area contributed by atoms with Gasteiger partial charge in [-0.1, -0.05) is 11.6 Å². The smallest absolute Gasteiger partial charge is 0.274 e. The van der Waals surface area contributed by atoms with Crippen molar-refractivity contribution < 1.29 is 28.7 Å². The summed E-state index contributed by atoms with van der Waals surface area (Å²) in [4.78, 5) is 83.0. The second kappa shape index (κ2) is 15.6. The first kappa shape index (κ1) is 38.0. The molecule has 5 aliphatic heterocycles. The van der Waals surface area contributed by atoms with Crippen molar-refractivity contribution in [3.63, 3.8) is 0 Å². The third kappa shape index (κ3) is 7.35. The van der Waals surface area contributed by atoms with Crippen LogP contribution in [0.1, 0.15) is 75.3 Å². The van der Waals surface area contributed by atoms with Gasteiger partial charge in [0.05, 0.1) is 40.2 Å². The van der Waals surface area contributed by atoms with E-state index in [0.717, 1.165) is 87.9 Å². The summed E-state index contributed by atoms with van der Waals surface area (Å²) in [7, 11) is 0. The number of ether oxygens (including phenoxy) is 1. The van der Waals surface area contributed by atoms with Gasteiger partial charge in [-0.2, -0.15) is 5.26 Å². The second-order valence-electron chi connectivity index (χ2n) is 16.4. The minimum Gasteiger partial charge on any atom is -0.490 e. The van der Waals surface area contributed by atoms with E-state index < -0.39 is 29.7 Å². The first-order valence-electron chi connectivity index (χ1n) is 20.2. The Balaban J connectivity index is 0.709. The predicted molar refractivity (Wildman–Crippen MR) is 211 cm³/mol. The largest absolute Gasteiger partial charge is 0.490 e. The first-order chi connectivity index (χ1) is 28.1. The summed E-state index contributed by atoms with van der Waals surface area (Å²) in [6.45, 7) is 7.45. The lowest BCUT2D eigenvalue weighted by Gasteiger charge is -2.39. The number of halogens is 1. The van der Waals surface area contributed by atoms with Crippen LogP contribution in [0.3, 0.4) is 0 Å². The van der Waals surface area contributed by atoms with Crippen LogP contribution in [0.25, 0.3) is 0 Å². The molecule has 0 bridgehead atoms. The first-order valence-corrected chi connectivity index (χ1v) is 20.5. The monoisotopic (exact) mass is 805 g/mol. The van der Waals surface area contributed by atoms with Crippen molar-refractivity contribution in [2.45, 2.75) is 50.7 Å². The molecule has 4 saturated heterocycles. The molecule has 300 valence electrons. The maximum absolute atomic E-state index is 13.4. The van der Waals surface area contributed by atoms with E-state index in [1.165, 1.54) is 0 Å². The maximum atomic E-state index is 13.4. The molecule has 1 aliphatic carbocycles. The third-order valence-corrected chi connectivity index (χ3v) is 13.1. The van der Waals surface area contributed by atoms with E-state index >= 15 is 0 Å². The zero-order chi connectivity index (χ0) is 40.1. The Hall–Kier alpha value is -5.59. The highest BCUT2D eigenvalue weighted by molar-refractivity contribution is 6.31. The fraction of sp³-hybridized carbons (Fsp3) is 0.476. The second-order valence-corrected chi connectivity index (χ2v) is 16.8. The topological polar surface area (TPSA) is 172 Å². The molecule has 1 aromatic heterocycles. The van der Waals surface area contributed by atoms with Gasteiger partial charge >= 0.3 is 0 Å². The van der Waals surface area contributed by atoms with Crippen molar-refractivity contribution in [2.75, 3.05) is 68.7 Å². The van der Waals surface area contributed by atoms with Crippen LogP contribution in [0.5, 0.6) is 5.75 Å². The van der Waals surface area contributed by atoms with Gasteiger partial charge in [-0.15, -0.1) is 0 Å². The van der Waals surface area contributed by atoms with Gasteiger partial charge in [0.15, 0.2) is 0 Å². The minimum atomic E-state index is -0.976. The molecule has 2 aromatic carbocycles. The van der Waals surface area contributed by atoms with E-state index in [1.54, 1.807) is 42.7 Å². The minimum absolute atomic E-state index is 0.0545. The number of hydrogen-bond donors (Lipinski definition) is 1. The van der Waals surface area contributed by atoms with Crippen LogP contribution >= 0.6 is 11.6 Å². The lowest BCUT2D eigenvalue weighted by molar-refractivity contribution is -0.136. The van der Waals surface area contributed by atoms with Gasteiger partial charge in [-0.05, 0) is 80.2 Å². The maximum Gasteiger partial charge on any atom is 0.274 e. The molecule has 1 N–H and O–H groups in total. The summed E-state index contributed by atoms with van der Waals surface area (Å²) in [6, 6.07) is 11.5. The van der Waals surface area contributed by atoms with Crippen LogP contribution in [0.2, 0.25) is 5.02 Å². The number of rotatable bonds is 8. The zero-order valence-corrected chi connectivity index (χ0v) is 32.8. The van der Waals surface area contributed by atoms with Crippen LogP contribution in [0, 0.1) is 29.1 Å². The molecular formula is C42H44ClN9O6. The molecule has 3 aromatic rings. The third-order valence-electron chi connectivity index (χ3n) is 12.8. The number of imide groups is 2. The number of benzene rings is 2. The fourth-order valence-corrected chi connectivity index (χ4v) is 9.88. The number of amides is 5. The number of fused-ring (bicyclic) bond motifs is 2. The van der Waals surface area contributed by atoms with E-state index in [4.69, 9.17) is 21.6 Å². The number of nitriles is 1. The number of hydrogen-bond acceptors (Lipinski definition) is 12. The summed E-state index contributed by atoms with van der Waals surface area (Å²) in [5.74, 6) is 0.672. The average molecular weight is 806 g/mol. The van der Waals surface area contributed by atoms with Crippen molar-refractivity contribution in [1.82, 2.24) is 30.0 Å². The quantitative estimate of drug-likeness (QED) is 0.330. The lowest BCUT2D eigenvalue weighted by Crippen LogP contribution is -2.54. The number of likely N-dealkylation sites (tertiary alicyclic amines) is 1. The van der Waals surface area contributed by atoms with Crippen molar-refractivity contribution in [1.29, 1.82) is 5.26 Å². The summed E-state index contributed by atoms with van der Waals surface area (Å²) in [5.41, 5.74) is 2.26. The molecule has 58 heavy (non-hydrogen) atoms. The molecule has 16 heteroatoms. The normalized spacial score (nSPS) is 25.2. The van der Waals surface area contributed by atoms with E-state index in [-0.39, 0.29) is 24.9 Å². The zero-order valence-electron chi connectivity index (χ0n) is 32.0. The van der Waals surface area contributed by atoms with Crippen LogP contribution in [-0.4, -0.2) is 125 Å². The van der Waals surface area contributed by atoms with Crippen molar-refractivity contribution in [2.24, 2.45) is 17.8 Å². The Labute approximate surface area is 340 Å². The van der Waals surface area contributed by atoms with Gasteiger partial charge in [0.2, 0.25) is 11.8 Å². The lowest BCUT2D eigenvalue weighted by atomic mass is 9.96. The Morgan fingerprint density at radius 2 is 1.60 bits per heavy atom. The highest BCUT2D eigenvalue weighted by Crippen LogP contribution is 2.41. The summed E-state index contributed by atoms with van der Waals surface area (Å²) in [5, 5.41) is 11.8. The summed E-state index contributed by atoms with van der Waals surface area (Å²) < 4.78 is 6.18. The van der Waals surface area contributed by atoms with Gasteiger partial charge < -0.3 is 19.4 Å². The molecule has 0 spiro atoms. The van der Waals surface area contributed by atoms with Crippen LogP contribution in [-0.2, 0) is 9.59 Å². The highest BCUT2D eigenvalue weighted by Gasteiger charge is 2.46. The van der Waals surface area contributed by atoms with E-state index in [0.29, 0.717) is 64.0 Å². The van der Waals surface area contributed by atoms with Crippen LogP contribution in [0.4, 0.5) is 11.5 Å². The Morgan fingerprint density at radius 3 is 2.28 bits per heavy atom. The standard InChI is InChI=1S/C42H44ClN9O6/c43-34-18-30(3-1-26(34)19-44)58-31-15-27-23-51(24-28(27)16-31)42(57)35-20-46-37(21-45-35)50-9-7-25(8-10-50)22-48-11-13-49(14-12-48)29-2-4-32-33(17-29)41(56)52(40(32)55)36-5-6-38(53)47-39(36)54/h1-4,17-18,20-21,25,27-28,31,36H,5-16,22-24H2,(H,47,53,54)/t27-,28+,31-,36?. The van der Waals surface area contributed by atoms with Gasteiger partial charge in [0.25, 0.3) is 17.7 Å². The molecule has 6 aliphatic rings. The molecule has 15 nitrogen and oxygen atoms in total. The number of nitrogens with one attached hydrogen (secondary N) is 1. The van der Waals surface area contributed by atoms with Crippen molar-refractivity contribution in [3.8, 4) is 11.8 Å². The highest BCUT2D eigenvalue weighted by atomic mass is 35.5. The summed E-state index contributed by atoms with van der Waals surface area (Å²) in [6.07, 6.45) is 7.41. The van der Waals surface area contributed by atoms with Crippen molar-refractivity contribution in [3.05, 3.63) is 76.2 Å². The Bertz CT molecular complexity index is 2180. The number of piperidine rings is 2. The van der Waals surface area contributed by atoms with E-state index in [2.05, 4.69) is 36.1 Å². The van der Waals surface area contributed by atoms with E-state index in [1.807, 2.05) is 11.0 Å².